The Kier molecular flexibility index (Phi) is 6.94. The SMILES string of the molecule is O=C(Nc1cccc(S(=O)(=O)N2CCCCCC2)c1)c1cc([N+](=O)[O-])ccc1N1CCCC1. The first-order valence-corrected chi connectivity index (χ1v) is 12.8. The van der Waals surface area contributed by atoms with Gasteiger partial charge in [0, 0.05) is 44.0 Å². The number of sulfonamides is 1. The Morgan fingerprint density at radius 1 is 0.909 bits per heavy atom. The molecule has 9 nitrogen and oxygen atoms in total. The molecule has 2 fully saturated rings. The van der Waals surface area contributed by atoms with Gasteiger partial charge in [-0.2, -0.15) is 4.31 Å². The first kappa shape index (κ1) is 23.2. The van der Waals surface area contributed by atoms with Crippen LogP contribution >= 0.6 is 0 Å². The average molecular weight is 473 g/mol. The Balaban J connectivity index is 1.60. The summed E-state index contributed by atoms with van der Waals surface area (Å²) in [4.78, 5) is 26.1. The molecule has 4 rings (SSSR count). The number of anilines is 2. The molecule has 2 aromatic rings. The topological polar surface area (TPSA) is 113 Å². The molecule has 0 spiro atoms. The predicted molar refractivity (Wildman–Crippen MR) is 126 cm³/mol. The second kappa shape index (κ2) is 9.88. The average Bonchev–Trinajstić information content (AvgIpc) is 3.20. The lowest BCUT2D eigenvalue weighted by molar-refractivity contribution is -0.384. The highest BCUT2D eigenvalue weighted by Crippen LogP contribution is 2.30. The van der Waals surface area contributed by atoms with Crippen LogP contribution in [0.4, 0.5) is 17.1 Å². The van der Waals surface area contributed by atoms with Crippen LogP contribution in [-0.4, -0.2) is 49.7 Å². The van der Waals surface area contributed by atoms with Crippen LogP contribution in [0.25, 0.3) is 0 Å². The lowest BCUT2D eigenvalue weighted by Gasteiger charge is -2.21. The summed E-state index contributed by atoms with van der Waals surface area (Å²) in [5.41, 5.74) is 1.01. The molecule has 0 aromatic heterocycles. The number of carbonyl (C=O) groups excluding carboxylic acids is 1. The molecular formula is C23H28N4O5S. The number of benzene rings is 2. The zero-order valence-corrected chi connectivity index (χ0v) is 19.2. The molecule has 0 unspecified atom stereocenters. The molecule has 2 saturated heterocycles. The van der Waals surface area contributed by atoms with Crippen LogP contribution < -0.4 is 10.2 Å². The Morgan fingerprint density at radius 2 is 1.58 bits per heavy atom. The maximum absolute atomic E-state index is 13.2. The highest BCUT2D eigenvalue weighted by molar-refractivity contribution is 7.89. The first-order chi connectivity index (χ1) is 15.9. The number of non-ortho nitro benzene ring substituents is 1. The van der Waals surface area contributed by atoms with E-state index in [2.05, 4.69) is 5.32 Å². The summed E-state index contributed by atoms with van der Waals surface area (Å²) in [6.07, 6.45) is 5.70. The second-order valence-corrected chi connectivity index (χ2v) is 10.4. The van der Waals surface area contributed by atoms with Crippen molar-refractivity contribution < 1.29 is 18.1 Å². The van der Waals surface area contributed by atoms with Crippen molar-refractivity contribution in [1.29, 1.82) is 0 Å². The minimum absolute atomic E-state index is 0.126. The van der Waals surface area contributed by atoms with Gasteiger partial charge in [0.1, 0.15) is 0 Å². The third-order valence-electron chi connectivity index (χ3n) is 6.18. The largest absolute Gasteiger partial charge is 0.371 e. The Hall–Kier alpha value is -2.98. The van der Waals surface area contributed by atoms with E-state index in [1.807, 2.05) is 4.90 Å². The van der Waals surface area contributed by atoms with Crippen molar-refractivity contribution in [2.45, 2.75) is 43.4 Å². The molecule has 0 radical (unpaired) electrons. The van der Waals surface area contributed by atoms with Gasteiger partial charge in [-0.3, -0.25) is 14.9 Å². The number of nitrogens with zero attached hydrogens (tertiary/aromatic N) is 3. The lowest BCUT2D eigenvalue weighted by Crippen LogP contribution is -2.32. The van der Waals surface area contributed by atoms with Crippen LogP contribution in [0.2, 0.25) is 0 Å². The van der Waals surface area contributed by atoms with Crippen molar-refractivity contribution in [2.24, 2.45) is 0 Å². The summed E-state index contributed by atoms with van der Waals surface area (Å²) in [6.45, 7) is 2.54. The minimum atomic E-state index is -3.66. The number of rotatable bonds is 6. The zero-order valence-electron chi connectivity index (χ0n) is 18.4. The fourth-order valence-electron chi connectivity index (χ4n) is 4.42. The van der Waals surface area contributed by atoms with Crippen molar-refractivity contribution in [3.8, 4) is 0 Å². The third-order valence-corrected chi connectivity index (χ3v) is 8.07. The van der Waals surface area contributed by atoms with Gasteiger partial charge in [0.2, 0.25) is 10.0 Å². The molecule has 2 aliphatic rings. The molecule has 2 aliphatic heterocycles. The van der Waals surface area contributed by atoms with Crippen molar-refractivity contribution >= 4 is 33.0 Å². The van der Waals surface area contributed by atoms with Gasteiger partial charge in [-0.05, 0) is 49.9 Å². The molecule has 1 amide bonds. The number of amides is 1. The molecule has 0 atom stereocenters. The number of carbonyl (C=O) groups is 1. The molecule has 33 heavy (non-hydrogen) atoms. The molecule has 0 bridgehead atoms. The van der Waals surface area contributed by atoms with E-state index >= 15 is 0 Å². The molecule has 2 aromatic carbocycles. The van der Waals surface area contributed by atoms with Crippen molar-refractivity contribution in [3.05, 3.63) is 58.1 Å². The standard InChI is InChI=1S/C23H28N4O5S/c28-23(21-17-19(27(29)30)10-11-22(21)25-12-5-6-13-25)24-18-8-7-9-20(16-18)33(31,32)26-14-3-1-2-4-15-26/h7-11,16-17H,1-6,12-15H2,(H,24,28). The number of hydrogen-bond acceptors (Lipinski definition) is 6. The van der Waals surface area contributed by atoms with Crippen molar-refractivity contribution in [1.82, 2.24) is 4.31 Å². The van der Waals surface area contributed by atoms with Gasteiger partial charge in [-0.15, -0.1) is 0 Å². The van der Waals surface area contributed by atoms with Gasteiger partial charge >= 0.3 is 0 Å². The van der Waals surface area contributed by atoms with Gasteiger partial charge in [-0.25, -0.2) is 8.42 Å². The van der Waals surface area contributed by atoms with E-state index in [-0.39, 0.29) is 16.1 Å². The van der Waals surface area contributed by atoms with E-state index in [1.54, 1.807) is 18.2 Å². The number of hydrogen-bond donors (Lipinski definition) is 1. The van der Waals surface area contributed by atoms with Crippen molar-refractivity contribution in [3.63, 3.8) is 0 Å². The summed E-state index contributed by atoms with van der Waals surface area (Å²) in [6, 6.07) is 10.5. The van der Waals surface area contributed by atoms with E-state index in [0.717, 1.165) is 51.6 Å². The van der Waals surface area contributed by atoms with Gasteiger partial charge in [0.15, 0.2) is 0 Å². The van der Waals surface area contributed by atoms with Gasteiger partial charge in [-0.1, -0.05) is 18.9 Å². The van der Waals surface area contributed by atoms with E-state index in [4.69, 9.17) is 0 Å². The van der Waals surface area contributed by atoms with E-state index in [1.165, 1.54) is 28.6 Å². The zero-order chi connectivity index (χ0) is 23.4. The van der Waals surface area contributed by atoms with E-state index < -0.39 is 20.9 Å². The molecule has 1 N–H and O–H groups in total. The van der Waals surface area contributed by atoms with Crippen LogP contribution in [0.3, 0.4) is 0 Å². The lowest BCUT2D eigenvalue weighted by atomic mass is 10.1. The maximum atomic E-state index is 13.2. The van der Waals surface area contributed by atoms with Crippen LogP contribution in [0, 0.1) is 10.1 Å². The highest BCUT2D eigenvalue weighted by Gasteiger charge is 2.26. The van der Waals surface area contributed by atoms with E-state index in [0.29, 0.717) is 24.5 Å². The monoisotopic (exact) mass is 472 g/mol. The van der Waals surface area contributed by atoms with E-state index in [9.17, 15) is 23.3 Å². The second-order valence-electron chi connectivity index (χ2n) is 8.45. The van der Waals surface area contributed by atoms with Crippen LogP contribution in [0.5, 0.6) is 0 Å². The molecular weight excluding hydrogens is 444 g/mol. The Morgan fingerprint density at radius 3 is 2.24 bits per heavy atom. The van der Waals surface area contributed by atoms with Crippen LogP contribution in [-0.2, 0) is 10.0 Å². The molecule has 10 heteroatoms. The smallest absolute Gasteiger partial charge is 0.270 e. The van der Waals surface area contributed by atoms with Gasteiger partial charge in [0.25, 0.3) is 11.6 Å². The predicted octanol–water partition coefficient (Wildman–Crippen LogP) is 4.01. The quantitative estimate of drug-likeness (QED) is 0.502. The van der Waals surface area contributed by atoms with Gasteiger partial charge < -0.3 is 10.2 Å². The normalized spacial score (nSPS) is 17.5. The summed E-state index contributed by atoms with van der Waals surface area (Å²) in [7, 11) is -3.66. The molecule has 0 aliphatic carbocycles. The summed E-state index contributed by atoms with van der Waals surface area (Å²) in [5, 5.41) is 14.0. The highest BCUT2D eigenvalue weighted by atomic mass is 32.2. The molecule has 0 saturated carbocycles. The summed E-state index contributed by atoms with van der Waals surface area (Å²) in [5.74, 6) is -0.509. The number of nitro groups is 1. The van der Waals surface area contributed by atoms with Crippen LogP contribution in [0.1, 0.15) is 48.9 Å². The minimum Gasteiger partial charge on any atom is -0.371 e. The fraction of sp³-hybridized carbons (Fsp3) is 0.435. The number of nitrogens with one attached hydrogen (secondary N) is 1. The van der Waals surface area contributed by atoms with Crippen molar-refractivity contribution in [2.75, 3.05) is 36.4 Å². The van der Waals surface area contributed by atoms with Gasteiger partial charge in [0.05, 0.1) is 21.1 Å². The molecule has 2 heterocycles. The Bertz CT molecular complexity index is 1140. The summed E-state index contributed by atoms with van der Waals surface area (Å²) >= 11 is 0. The number of nitro benzene ring substituents is 1. The third kappa shape index (κ3) is 5.17. The fourth-order valence-corrected chi connectivity index (χ4v) is 5.98. The first-order valence-electron chi connectivity index (χ1n) is 11.3. The maximum Gasteiger partial charge on any atom is 0.270 e. The summed E-state index contributed by atoms with van der Waals surface area (Å²) < 4.78 is 27.8. The Labute approximate surface area is 193 Å². The van der Waals surface area contributed by atoms with Crippen LogP contribution in [0.15, 0.2) is 47.4 Å². The molecule has 176 valence electrons.